The molecule has 0 bridgehead atoms. The Hall–Kier alpha value is -1.76. The van der Waals surface area contributed by atoms with E-state index < -0.39 is 11.9 Å². The molecule has 2 aromatic carbocycles. The van der Waals surface area contributed by atoms with E-state index in [1.165, 1.54) is 127 Å². The molecule has 0 aromatic heterocycles. The van der Waals surface area contributed by atoms with E-state index in [1.807, 2.05) is 0 Å². The molecule has 0 atom stereocenters. The summed E-state index contributed by atoms with van der Waals surface area (Å²) in [4.78, 5) is 22.2. The normalized spacial score (nSPS) is 10.6. The third kappa shape index (κ3) is 21.8. The van der Waals surface area contributed by atoms with E-state index in [0.29, 0.717) is 24.0 Å². The summed E-state index contributed by atoms with van der Waals surface area (Å²) in [6.07, 6.45) is 28.8. The van der Waals surface area contributed by atoms with Crippen LogP contribution in [0.2, 0.25) is 0 Å². The number of rotatable bonds is 26. The number of aromatic carboxylic acids is 2. The zero-order valence-electron chi connectivity index (χ0n) is 29.7. The standard InChI is InChI=1S/2C20H32O3.Ca/c2*1-2-3-4-5-6-7-8-9-10-11-12-14-17-18(20(22)23)15-13-16-19(17)21;/h2*13,15-16,21H,2-12,14H2,1H3,(H,22,23);/q;;+2/p-2. The minimum Gasteiger partial charge on any atom is -0.872 e. The molecule has 2 rings (SSSR count). The summed E-state index contributed by atoms with van der Waals surface area (Å²) >= 11 is 0. The Bertz CT molecular complexity index is 1000. The van der Waals surface area contributed by atoms with Gasteiger partial charge < -0.3 is 25.2 Å². The minimum absolute atomic E-state index is 0. The van der Waals surface area contributed by atoms with Crippen molar-refractivity contribution >= 4 is 49.7 Å². The second-order valence-corrected chi connectivity index (χ2v) is 12.7. The number of phenols is 1. The summed E-state index contributed by atoms with van der Waals surface area (Å²) in [7, 11) is 0. The van der Waals surface area contributed by atoms with Gasteiger partial charge in [-0.05, 0) is 48.9 Å². The van der Waals surface area contributed by atoms with Crippen LogP contribution in [0.4, 0.5) is 0 Å². The summed E-state index contributed by atoms with van der Waals surface area (Å²) in [6.45, 7) is 4.48. The summed E-state index contributed by atoms with van der Waals surface area (Å²) in [6, 6.07) is 9.10. The maximum Gasteiger partial charge on any atom is 2.00 e. The van der Waals surface area contributed by atoms with Crippen LogP contribution in [-0.4, -0.2) is 59.9 Å². The van der Waals surface area contributed by atoms with Gasteiger partial charge in [-0.2, -0.15) is 0 Å². The minimum atomic E-state index is -1.25. The number of carboxylic acid groups (broad SMARTS) is 2. The number of hydrogen-bond acceptors (Lipinski definition) is 5. The van der Waals surface area contributed by atoms with Gasteiger partial charge in [0, 0.05) is 5.56 Å². The van der Waals surface area contributed by atoms with Gasteiger partial charge in [-0.3, -0.25) is 0 Å². The number of aromatic hydroxyl groups is 1. The molecule has 260 valence electrons. The molecule has 7 heteroatoms. The molecule has 47 heavy (non-hydrogen) atoms. The van der Waals surface area contributed by atoms with Gasteiger partial charge in [-0.1, -0.05) is 167 Å². The smallest absolute Gasteiger partial charge is 0.872 e. The zero-order valence-corrected chi connectivity index (χ0v) is 31.9. The van der Waals surface area contributed by atoms with Crippen molar-refractivity contribution in [1.29, 1.82) is 0 Å². The monoisotopic (exact) mass is 678 g/mol. The molecular formula is C40H62CaO6. The fraction of sp³-hybridized carbons (Fsp3) is 0.650. The van der Waals surface area contributed by atoms with Gasteiger partial charge in [0.2, 0.25) is 0 Å². The van der Waals surface area contributed by atoms with Gasteiger partial charge in [-0.15, -0.1) is 5.75 Å². The van der Waals surface area contributed by atoms with Crippen molar-refractivity contribution in [1.82, 2.24) is 0 Å². The Morgan fingerprint density at radius 3 is 1.32 bits per heavy atom. The van der Waals surface area contributed by atoms with Crippen molar-refractivity contribution in [3.63, 3.8) is 0 Å². The first kappa shape index (κ1) is 45.2. The van der Waals surface area contributed by atoms with Gasteiger partial charge in [0.15, 0.2) is 0 Å². The zero-order chi connectivity index (χ0) is 33.8. The van der Waals surface area contributed by atoms with Crippen LogP contribution in [0.25, 0.3) is 0 Å². The van der Waals surface area contributed by atoms with Crippen LogP contribution in [0.5, 0.6) is 11.5 Å². The molecule has 0 fully saturated rings. The molecule has 0 spiro atoms. The van der Waals surface area contributed by atoms with Crippen LogP contribution in [-0.2, 0) is 12.8 Å². The maximum atomic E-state index is 11.8. The van der Waals surface area contributed by atoms with Crippen LogP contribution >= 0.6 is 0 Å². The Balaban J connectivity index is 0.000000882. The molecule has 6 nitrogen and oxygen atoms in total. The van der Waals surface area contributed by atoms with Gasteiger partial charge in [0.25, 0.3) is 0 Å². The van der Waals surface area contributed by atoms with E-state index in [9.17, 15) is 24.9 Å². The molecule has 2 N–H and O–H groups in total. The Kier molecular flexibility index (Phi) is 29.2. The van der Waals surface area contributed by atoms with Gasteiger partial charge in [-0.25, -0.2) is 4.79 Å². The second-order valence-electron chi connectivity index (χ2n) is 12.7. The van der Waals surface area contributed by atoms with E-state index in [-0.39, 0.29) is 60.4 Å². The van der Waals surface area contributed by atoms with Crippen molar-refractivity contribution in [3.05, 3.63) is 58.7 Å². The molecule has 0 aliphatic carbocycles. The van der Waals surface area contributed by atoms with Crippen molar-refractivity contribution < 1.29 is 30.0 Å². The van der Waals surface area contributed by atoms with Gasteiger partial charge >= 0.3 is 43.7 Å². The molecule has 0 amide bonds. The quantitative estimate of drug-likeness (QED) is 0.0755. The van der Waals surface area contributed by atoms with E-state index >= 15 is 0 Å². The van der Waals surface area contributed by atoms with Crippen LogP contribution in [0, 0.1) is 0 Å². The van der Waals surface area contributed by atoms with Crippen LogP contribution in [0.15, 0.2) is 36.4 Å². The molecule has 0 radical (unpaired) electrons. The first-order chi connectivity index (χ1) is 22.3. The molecule has 2 aromatic rings. The molecular weight excluding hydrogens is 617 g/mol. The number of benzene rings is 2. The van der Waals surface area contributed by atoms with Crippen molar-refractivity contribution in [2.24, 2.45) is 0 Å². The average Bonchev–Trinajstić information content (AvgIpc) is 3.03. The number of phenolic OH excluding ortho intramolecular Hbond substituents is 1. The summed E-state index contributed by atoms with van der Waals surface area (Å²) in [5.41, 5.74) is 1.28. The van der Waals surface area contributed by atoms with E-state index in [0.717, 1.165) is 32.1 Å². The predicted molar refractivity (Wildman–Crippen MR) is 191 cm³/mol. The number of carboxylic acids is 2. The average molecular weight is 679 g/mol. The van der Waals surface area contributed by atoms with Crippen molar-refractivity contribution in [3.8, 4) is 11.5 Å². The van der Waals surface area contributed by atoms with Crippen LogP contribution in [0.3, 0.4) is 0 Å². The van der Waals surface area contributed by atoms with Gasteiger partial charge in [0.05, 0.1) is 11.5 Å². The Labute approximate surface area is 315 Å². The Morgan fingerprint density at radius 2 is 0.915 bits per heavy atom. The topological polar surface area (TPSA) is 121 Å². The van der Waals surface area contributed by atoms with Gasteiger partial charge in [0.1, 0.15) is 5.75 Å². The molecule has 0 aliphatic rings. The molecule has 0 saturated heterocycles. The number of hydrogen-bond donors (Lipinski definition) is 2. The molecule has 0 aliphatic heterocycles. The van der Waals surface area contributed by atoms with Crippen molar-refractivity contribution in [2.75, 3.05) is 0 Å². The third-order valence-corrected chi connectivity index (χ3v) is 8.80. The van der Waals surface area contributed by atoms with E-state index in [2.05, 4.69) is 13.8 Å². The predicted octanol–water partition coefficient (Wildman–Crippen LogP) is 9.54. The third-order valence-electron chi connectivity index (χ3n) is 8.80. The summed E-state index contributed by atoms with van der Waals surface area (Å²) in [5.74, 6) is -2.28. The van der Waals surface area contributed by atoms with Crippen LogP contribution in [0.1, 0.15) is 187 Å². The second kappa shape index (κ2) is 30.3. The fourth-order valence-corrected chi connectivity index (χ4v) is 5.98. The Morgan fingerprint density at radius 1 is 0.553 bits per heavy atom. The first-order valence-corrected chi connectivity index (χ1v) is 18.4. The summed E-state index contributed by atoms with van der Waals surface area (Å²) in [5, 5.41) is 41.8. The largest absolute Gasteiger partial charge is 2.00 e. The van der Waals surface area contributed by atoms with E-state index in [4.69, 9.17) is 5.11 Å². The maximum absolute atomic E-state index is 11.8. The molecule has 0 unspecified atom stereocenters. The van der Waals surface area contributed by atoms with Crippen LogP contribution < -0.4 is 10.2 Å². The first-order valence-electron chi connectivity index (χ1n) is 18.4. The number of carbonyl (C=O) groups is 2. The van der Waals surface area contributed by atoms with E-state index in [1.54, 1.807) is 18.2 Å². The summed E-state index contributed by atoms with van der Waals surface area (Å²) < 4.78 is 0. The number of carbonyl (C=O) groups excluding carboxylic acids is 1. The fourth-order valence-electron chi connectivity index (χ4n) is 5.98. The van der Waals surface area contributed by atoms with Crippen molar-refractivity contribution in [2.45, 2.75) is 168 Å². The molecule has 0 heterocycles. The molecule has 0 saturated carbocycles. The number of unbranched alkanes of at least 4 members (excludes halogenated alkanes) is 20. The SMILES string of the molecule is CCCCCCCCCCCCCc1c(O)cccc1C(=O)O.CCCCCCCCCCCCCc1c([O-])cccc1C(=O)[O-].[Ca+2].